The van der Waals surface area contributed by atoms with Crippen LogP contribution in [0.15, 0.2) is 42.5 Å². The van der Waals surface area contributed by atoms with Gasteiger partial charge in [-0.2, -0.15) is 0 Å². The Labute approximate surface area is 193 Å². The Bertz CT molecular complexity index is 867. The maximum atomic E-state index is 12.7. The number of amides is 3. The summed E-state index contributed by atoms with van der Waals surface area (Å²) in [4.78, 5) is 50.8. The predicted octanol–water partition coefficient (Wildman–Crippen LogP) is 0.780. The normalized spacial score (nSPS) is 20.2. The van der Waals surface area contributed by atoms with E-state index >= 15 is 0 Å². The summed E-state index contributed by atoms with van der Waals surface area (Å²) < 4.78 is 0. The number of benzene rings is 1. The molecule has 2 aliphatic heterocycles. The SMILES string of the molecule is O=C(NC(CNC(=O)[C@@H]1CCCN(C(=O)/C=C/C2CCNCC2)C1)C(=O)O)c1ccccc1. The highest BCUT2D eigenvalue weighted by Crippen LogP contribution is 2.18. The Morgan fingerprint density at radius 2 is 1.85 bits per heavy atom. The summed E-state index contributed by atoms with van der Waals surface area (Å²) in [7, 11) is 0. The van der Waals surface area contributed by atoms with E-state index in [1.807, 2.05) is 6.08 Å². The average molecular weight is 457 g/mol. The fourth-order valence-electron chi connectivity index (χ4n) is 4.13. The van der Waals surface area contributed by atoms with Gasteiger partial charge in [0.2, 0.25) is 11.8 Å². The number of nitrogens with one attached hydrogen (secondary N) is 3. The minimum absolute atomic E-state index is 0.0930. The third-order valence-corrected chi connectivity index (χ3v) is 6.12. The fourth-order valence-corrected chi connectivity index (χ4v) is 4.13. The Morgan fingerprint density at radius 1 is 1.12 bits per heavy atom. The fraction of sp³-hybridized carbons (Fsp3) is 0.500. The molecular formula is C24H32N4O5. The van der Waals surface area contributed by atoms with Gasteiger partial charge in [0, 0.05) is 25.2 Å². The molecule has 33 heavy (non-hydrogen) atoms. The van der Waals surface area contributed by atoms with Crippen LogP contribution in [0.2, 0.25) is 0 Å². The molecule has 2 fully saturated rings. The smallest absolute Gasteiger partial charge is 0.328 e. The molecule has 4 N–H and O–H groups in total. The lowest BCUT2D eigenvalue weighted by Gasteiger charge is -2.31. The second-order valence-electron chi connectivity index (χ2n) is 8.55. The van der Waals surface area contributed by atoms with E-state index in [-0.39, 0.29) is 18.4 Å². The van der Waals surface area contributed by atoms with E-state index in [4.69, 9.17) is 0 Å². The number of nitrogens with zero attached hydrogens (tertiary/aromatic N) is 1. The molecule has 9 heteroatoms. The van der Waals surface area contributed by atoms with Crippen LogP contribution in [0.5, 0.6) is 0 Å². The summed E-state index contributed by atoms with van der Waals surface area (Å²) in [6.45, 7) is 2.59. The summed E-state index contributed by atoms with van der Waals surface area (Å²) in [6, 6.07) is 7.04. The van der Waals surface area contributed by atoms with E-state index in [9.17, 15) is 24.3 Å². The molecule has 0 aromatic heterocycles. The van der Waals surface area contributed by atoms with Gasteiger partial charge in [0.05, 0.1) is 5.92 Å². The third-order valence-electron chi connectivity index (χ3n) is 6.12. The van der Waals surface area contributed by atoms with Crippen molar-refractivity contribution in [2.24, 2.45) is 11.8 Å². The van der Waals surface area contributed by atoms with Gasteiger partial charge in [-0.05, 0) is 62.9 Å². The van der Waals surface area contributed by atoms with Gasteiger partial charge in [0.15, 0.2) is 0 Å². The molecule has 2 heterocycles. The van der Waals surface area contributed by atoms with Crippen LogP contribution in [0.3, 0.4) is 0 Å². The minimum atomic E-state index is -1.25. The first-order chi connectivity index (χ1) is 15.9. The number of carbonyl (C=O) groups is 4. The number of hydrogen-bond acceptors (Lipinski definition) is 5. The molecule has 0 aliphatic carbocycles. The molecule has 1 aromatic rings. The molecule has 3 amide bonds. The first-order valence-corrected chi connectivity index (χ1v) is 11.5. The summed E-state index contributed by atoms with van der Waals surface area (Å²) >= 11 is 0. The molecule has 2 saturated heterocycles. The molecule has 2 aliphatic rings. The first kappa shape index (κ1) is 24.4. The third kappa shape index (κ3) is 7.42. The number of hydrogen-bond donors (Lipinski definition) is 4. The number of carboxylic acid groups (broad SMARTS) is 1. The summed E-state index contributed by atoms with van der Waals surface area (Å²) in [5, 5.41) is 17.8. The molecule has 0 bridgehead atoms. The minimum Gasteiger partial charge on any atom is -0.480 e. The molecule has 9 nitrogen and oxygen atoms in total. The summed E-state index contributed by atoms with van der Waals surface area (Å²) in [6.07, 6.45) is 6.95. The Kier molecular flexibility index (Phi) is 9.00. The molecule has 1 unspecified atom stereocenters. The van der Waals surface area contributed by atoms with E-state index in [0.29, 0.717) is 37.4 Å². The van der Waals surface area contributed by atoms with Gasteiger partial charge in [-0.15, -0.1) is 0 Å². The summed E-state index contributed by atoms with van der Waals surface area (Å²) in [5.41, 5.74) is 0.342. The van der Waals surface area contributed by atoms with Crippen molar-refractivity contribution < 1.29 is 24.3 Å². The van der Waals surface area contributed by atoms with E-state index in [1.54, 1.807) is 41.3 Å². The quantitative estimate of drug-likeness (QED) is 0.428. The van der Waals surface area contributed by atoms with E-state index in [0.717, 1.165) is 25.9 Å². The van der Waals surface area contributed by atoms with Crippen LogP contribution < -0.4 is 16.0 Å². The van der Waals surface area contributed by atoms with Crippen molar-refractivity contribution in [2.75, 3.05) is 32.7 Å². The second kappa shape index (κ2) is 12.2. The maximum absolute atomic E-state index is 12.7. The van der Waals surface area contributed by atoms with Crippen molar-refractivity contribution >= 4 is 23.7 Å². The average Bonchev–Trinajstić information content (AvgIpc) is 2.85. The summed E-state index contributed by atoms with van der Waals surface area (Å²) in [5.74, 6) is -2.16. The highest BCUT2D eigenvalue weighted by atomic mass is 16.4. The molecular weight excluding hydrogens is 424 g/mol. The monoisotopic (exact) mass is 456 g/mol. The molecule has 1 aromatic carbocycles. The Balaban J connectivity index is 1.49. The largest absolute Gasteiger partial charge is 0.480 e. The topological polar surface area (TPSA) is 128 Å². The highest BCUT2D eigenvalue weighted by Gasteiger charge is 2.29. The highest BCUT2D eigenvalue weighted by molar-refractivity contribution is 5.96. The van der Waals surface area contributed by atoms with Crippen LogP contribution >= 0.6 is 0 Å². The predicted molar refractivity (Wildman–Crippen MR) is 122 cm³/mol. The molecule has 0 saturated carbocycles. The van der Waals surface area contributed by atoms with Crippen molar-refractivity contribution in [3.63, 3.8) is 0 Å². The van der Waals surface area contributed by atoms with E-state index in [2.05, 4.69) is 16.0 Å². The Morgan fingerprint density at radius 3 is 2.55 bits per heavy atom. The van der Waals surface area contributed by atoms with Crippen molar-refractivity contribution in [3.8, 4) is 0 Å². The first-order valence-electron chi connectivity index (χ1n) is 11.5. The van der Waals surface area contributed by atoms with Gasteiger partial charge >= 0.3 is 5.97 Å². The van der Waals surface area contributed by atoms with Crippen molar-refractivity contribution in [3.05, 3.63) is 48.0 Å². The lowest BCUT2D eigenvalue weighted by Crippen LogP contribution is -2.51. The lowest BCUT2D eigenvalue weighted by atomic mass is 9.96. The zero-order valence-corrected chi connectivity index (χ0v) is 18.7. The standard InChI is InChI=1S/C24H32N4O5/c29-21(9-8-17-10-12-25-13-11-17)28-14-4-7-19(16-28)22(30)26-15-20(24(32)33)27-23(31)18-5-2-1-3-6-18/h1-3,5-6,8-9,17,19-20,25H,4,7,10-16H2,(H,26,30)(H,27,31)(H,32,33)/b9-8+/t19-,20?/m1/s1. The van der Waals surface area contributed by atoms with E-state index < -0.39 is 23.8 Å². The van der Waals surface area contributed by atoms with Crippen LogP contribution in [-0.4, -0.2) is 72.5 Å². The van der Waals surface area contributed by atoms with Gasteiger partial charge in [-0.3, -0.25) is 14.4 Å². The molecule has 3 rings (SSSR count). The number of aliphatic carboxylic acids is 1. The molecule has 0 radical (unpaired) electrons. The lowest BCUT2D eigenvalue weighted by molar-refractivity contribution is -0.139. The number of allylic oxidation sites excluding steroid dienone is 1. The zero-order chi connectivity index (χ0) is 23.6. The number of likely N-dealkylation sites (tertiary alicyclic amines) is 1. The number of carbonyl (C=O) groups excluding carboxylic acids is 3. The second-order valence-corrected chi connectivity index (χ2v) is 8.55. The zero-order valence-electron chi connectivity index (χ0n) is 18.7. The van der Waals surface area contributed by atoms with Crippen LogP contribution in [0.25, 0.3) is 0 Å². The molecule has 2 atom stereocenters. The maximum Gasteiger partial charge on any atom is 0.328 e. The molecule has 0 spiro atoms. The van der Waals surface area contributed by atoms with Gasteiger partial charge in [-0.25, -0.2) is 4.79 Å². The van der Waals surface area contributed by atoms with Gasteiger partial charge in [0.25, 0.3) is 5.91 Å². The number of rotatable bonds is 8. The molecule has 178 valence electrons. The van der Waals surface area contributed by atoms with Gasteiger partial charge < -0.3 is 26.0 Å². The van der Waals surface area contributed by atoms with Crippen molar-refractivity contribution in [1.82, 2.24) is 20.9 Å². The number of piperidine rings is 2. The van der Waals surface area contributed by atoms with Crippen molar-refractivity contribution in [1.29, 1.82) is 0 Å². The van der Waals surface area contributed by atoms with Crippen LogP contribution in [0, 0.1) is 11.8 Å². The Hall–Kier alpha value is -3.20. The van der Waals surface area contributed by atoms with Gasteiger partial charge in [0.1, 0.15) is 6.04 Å². The van der Waals surface area contributed by atoms with Crippen molar-refractivity contribution in [2.45, 2.75) is 31.7 Å². The van der Waals surface area contributed by atoms with E-state index in [1.165, 1.54) is 0 Å². The van der Waals surface area contributed by atoms with Crippen LogP contribution in [-0.2, 0) is 14.4 Å². The number of carboxylic acids is 1. The van der Waals surface area contributed by atoms with Crippen LogP contribution in [0.1, 0.15) is 36.0 Å². The van der Waals surface area contributed by atoms with Crippen LogP contribution in [0.4, 0.5) is 0 Å². The van der Waals surface area contributed by atoms with Gasteiger partial charge in [-0.1, -0.05) is 24.3 Å².